The summed E-state index contributed by atoms with van der Waals surface area (Å²) in [5, 5.41) is 3.70. The number of anilines is 1. The van der Waals surface area contributed by atoms with E-state index in [2.05, 4.69) is 74.4 Å². The van der Waals surface area contributed by atoms with E-state index in [1.54, 1.807) is 0 Å². The maximum absolute atomic E-state index is 4.42. The molecule has 128 valence electrons. The number of hydrogen-bond donors (Lipinski definition) is 1. The lowest BCUT2D eigenvalue weighted by atomic mass is 9.96. The fourth-order valence-electron chi connectivity index (χ4n) is 3.59. The second-order valence-corrected chi connectivity index (χ2v) is 6.64. The zero-order valence-electron chi connectivity index (χ0n) is 14.6. The van der Waals surface area contributed by atoms with Crippen LogP contribution < -0.4 is 10.2 Å². The summed E-state index contributed by atoms with van der Waals surface area (Å²) in [6.07, 6.45) is 4.95. The Balaban J connectivity index is 1.51. The first-order valence-electron chi connectivity index (χ1n) is 8.88. The fraction of sp³-hybridized carbons (Fsp3) is 0.286. The number of hydrogen-bond acceptors (Lipinski definition) is 3. The molecule has 0 spiro atoms. The molecule has 25 heavy (non-hydrogen) atoms. The van der Waals surface area contributed by atoms with E-state index < -0.39 is 0 Å². The summed E-state index contributed by atoms with van der Waals surface area (Å²) in [4.78, 5) is 6.91. The minimum atomic E-state index is 0.375. The van der Waals surface area contributed by atoms with Crippen molar-refractivity contribution in [2.24, 2.45) is 7.05 Å². The van der Waals surface area contributed by atoms with E-state index >= 15 is 0 Å². The third-order valence-corrected chi connectivity index (χ3v) is 4.98. The Morgan fingerprint density at radius 1 is 1.08 bits per heavy atom. The lowest BCUT2D eigenvalue weighted by molar-refractivity contribution is 0.465. The number of aromatic nitrogens is 2. The number of rotatable bonds is 5. The van der Waals surface area contributed by atoms with Crippen molar-refractivity contribution in [1.82, 2.24) is 14.9 Å². The maximum Gasteiger partial charge on any atom is 0.122 e. The molecule has 4 rings (SSSR count). The predicted octanol–water partition coefficient (Wildman–Crippen LogP) is 3.66. The minimum absolute atomic E-state index is 0.375. The van der Waals surface area contributed by atoms with Crippen molar-refractivity contribution in [3.8, 4) is 0 Å². The molecule has 0 amide bonds. The number of imidazole rings is 1. The van der Waals surface area contributed by atoms with Crippen LogP contribution >= 0.6 is 0 Å². The molecule has 2 aromatic carbocycles. The molecule has 0 aliphatic carbocycles. The van der Waals surface area contributed by atoms with Gasteiger partial charge in [-0.15, -0.1) is 0 Å². The number of aryl methyl sites for hydroxylation is 1. The van der Waals surface area contributed by atoms with E-state index in [1.165, 1.54) is 16.8 Å². The number of nitrogens with one attached hydrogen (secondary N) is 1. The summed E-state index contributed by atoms with van der Waals surface area (Å²) < 4.78 is 2.07. The van der Waals surface area contributed by atoms with E-state index in [0.717, 1.165) is 31.9 Å². The highest BCUT2D eigenvalue weighted by Crippen LogP contribution is 2.34. The zero-order chi connectivity index (χ0) is 17.1. The van der Waals surface area contributed by atoms with E-state index in [4.69, 9.17) is 0 Å². The van der Waals surface area contributed by atoms with Crippen molar-refractivity contribution in [3.63, 3.8) is 0 Å². The summed E-state index contributed by atoms with van der Waals surface area (Å²) in [6.45, 7) is 2.81. The van der Waals surface area contributed by atoms with Gasteiger partial charge < -0.3 is 14.8 Å². The standard InChI is InChI=1S/C21H24N4/c1-24-14-12-22-21(24)15-23-19-11-13-25(16-17-7-3-2-4-8-17)20-10-6-5-9-18(19)20/h2-10,12,14,19,23H,11,13,15-16H2,1H3/t19-/m0/s1. The molecule has 4 nitrogen and oxygen atoms in total. The Labute approximate surface area is 149 Å². The van der Waals surface area contributed by atoms with Gasteiger partial charge in [0.2, 0.25) is 0 Å². The summed E-state index contributed by atoms with van der Waals surface area (Å²) in [6, 6.07) is 19.9. The molecule has 2 heterocycles. The summed E-state index contributed by atoms with van der Waals surface area (Å²) in [5.41, 5.74) is 4.09. The Kier molecular flexibility index (Phi) is 4.53. The number of fused-ring (bicyclic) bond motifs is 1. The van der Waals surface area contributed by atoms with Crippen LogP contribution in [0.1, 0.15) is 29.4 Å². The van der Waals surface area contributed by atoms with Gasteiger partial charge in [0.15, 0.2) is 0 Å². The Morgan fingerprint density at radius 3 is 2.68 bits per heavy atom. The Morgan fingerprint density at radius 2 is 1.88 bits per heavy atom. The first kappa shape index (κ1) is 15.9. The molecule has 1 aromatic heterocycles. The maximum atomic E-state index is 4.42. The number of benzene rings is 2. The van der Waals surface area contributed by atoms with Crippen LogP contribution in [0.4, 0.5) is 5.69 Å². The van der Waals surface area contributed by atoms with Crippen LogP contribution in [0.15, 0.2) is 67.0 Å². The van der Waals surface area contributed by atoms with Gasteiger partial charge in [-0.3, -0.25) is 0 Å². The highest BCUT2D eigenvalue weighted by atomic mass is 15.2. The largest absolute Gasteiger partial charge is 0.367 e. The second-order valence-electron chi connectivity index (χ2n) is 6.64. The third-order valence-electron chi connectivity index (χ3n) is 4.98. The van der Waals surface area contributed by atoms with Crippen LogP contribution in [-0.4, -0.2) is 16.1 Å². The van der Waals surface area contributed by atoms with Gasteiger partial charge in [-0.1, -0.05) is 48.5 Å². The number of para-hydroxylation sites is 1. The topological polar surface area (TPSA) is 33.1 Å². The average Bonchev–Trinajstić information content (AvgIpc) is 3.07. The molecule has 0 fully saturated rings. The first-order valence-corrected chi connectivity index (χ1v) is 8.88. The second kappa shape index (κ2) is 7.11. The van der Waals surface area contributed by atoms with Gasteiger partial charge in [-0.25, -0.2) is 4.98 Å². The van der Waals surface area contributed by atoms with Gasteiger partial charge in [0.25, 0.3) is 0 Å². The molecule has 4 heteroatoms. The third kappa shape index (κ3) is 3.44. The molecule has 3 aromatic rings. The zero-order valence-corrected chi connectivity index (χ0v) is 14.6. The van der Waals surface area contributed by atoms with Crippen LogP contribution in [0.2, 0.25) is 0 Å². The minimum Gasteiger partial charge on any atom is -0.367 e. The smallest absolute Gasteiger partial charge is 0.122 e. The molecule has 1 aliphatic rings. The Hall–Kier alpha value is -2.59. The molecule has 0 saturated carbocycles. The fourth-order valence-corrected chi connectivity index (χ4v) is 3.59. The highest BCUT2D eigenvalue weighted by Gasteiger charge is 2.24. The van der Waals surface area contributed by atoms with Gasteiger partial charge in [0, 0.05) is 44.3 Å². The van der Waals surface area contributed by atoms with Gasteiger partial charge in [-0.05, 0) is 23.6 Å². The molecule has 0 unspecified atom stereocenters. The van der Waals surface area contributed by atoms with Crippen molar-refractivity contribution in [1.29, 1.82) is 0 Å². The molecule has 0 saturated heterocycles. The van der Waals surface area contributed by atoms with Crippen LogP contribution in [0.3, 0.4) is 0 Å². The SMILES string of the molecule is Cn1ccnc1CN[C@H]1CCN(Cc2ccccc2)c2ccccc21. The molecular weight excluding hydrogens is 308 g/mol. The van der Waals surface area contributed by atoms with Crippen LogP contribution in [-0.2, 0) is 20.1 Å². The average molecular weight is 332 g/mol. The van der Waals surface area contributed by atoms with E-state index in [9.17, 15) is 0 Å². The van der Waals surface area contributed by atoms with Crippen LogP contribution in [0.25, 0.3) is 0 Å². The number of nitrogens with zero attached hydrogens (tertiary/aromatic N) is 3. The molecule has 1 N–H and O–H groups in total. The lowest BCUT2D eigenvalue weighted by Crippen LogP contribution is -2.35. The van der Waals surface area contributed by atoms with E-state index in [-0.39, 0.29) is 0 Å². The van der Waals surface area contributed by atoms with Crippen LogP contribution in [0.5, 0.6) is 0 Å². The van der Waals surface area contributed by atoms with Crippen molar-refractivity contribution in [2.75, 3.05) is 11.4 Å². The summed E-state index contributed by atoms with van der Waals surface area (Å²) in [5.74, 6) is 1.07. The van der Waals surface area contributed by atoms with Gasteiger partial charge in [0.05, 0.1) is 6.54 Å². The monoisotopic (exact) mass is 332 g/mol. The molecule has 1 aliphatic heterocycles. The highest BCUT2D eigenvalue weighted by molar-refractivity contribution is 5.57. The van der Waals surface area contributed by atoms with E-state index in [1.807, 2.05) is 19.4 Å². The van der Waals surface area contributed by atoms with Gasteiger partial charge in [0.1, 0.15) is 5.82 Å². The lowest BCUT2D eigenvalue weighted by Gasteiger charge is -2.36. The normalized spacial score (nSPS) is 16.7. The van der Waals surface area contributed by atoms with Crippen molar-refractivity contribution >= 4 is 5.69 Å². The van der Waals surface area contributed by atoms with Crippen molar-refractivity contribution in [2.45, 2.75) is 25.6 Å². The molecular formula is C21H24N4. The molecule has 1 atom stereocenters. The summed E-state index contributed by atoms with van der Waals surface area (Å²) in [7, 11) is 2.04. The Bertz CT molecular complexity index is 825. The van der Waals surface area contributed by atoms with E-state index in [0.29, 0.717) is 6.04 Å². The van der Waals surface area contributed by atoms with Crippen molar-refractivity contribution in [3.05, 3.63) is 83.9 Å². The first-order chi connectivity index (χ1) is 12.3. The summed E-state index contributed by atoms with van der Waals surface area (Å²) >= 11 is 0. The van der Waals surface area contributed by atoms with Gasteiger partial charge in [-0.2, -0.15) is 0 Å². The molecule has 0 radical (unpaired) electrons. The van der Waals surface area contributed by atoms with Crippen molar-refractivity contribution < 1.29 is 0 Å². The molecule has 0 bridgehead atoms. The van der Waals surface area contributed by atoms with Gasteiger partial charge >= 0.3 is 0 Å². The van der Waals surface area contributed by atoms with Crippen LogP contribution in [0, 0.1) is 0 Å². The predicted molar refractivity (Wildman–Crippen MR) is 101 cm³/mol. The quantitative estimate of drug-likeness (QED) is 0.774.